The summed E-state index contributed by atoms with van der Waals surface area (Å²) < 4.78 is 13.3. The molecule has 0 aliphatic rings. The molecule has 1 aromatic carbocycles. The fourth-order valence-corrected chi connectivity index (χ4v) is 1.41. The SMILES string of the molecule is N#CC(C#N)=NNc1ccc(F)c2cc[nH]c12. The summed E-state index contributed by atoms with van der Waals surface area (Å²) in [6.45, 7) is 0. The van der Waals surface area contributed by atoms with Crippen molar-refractivity contribution in [3.8, 4) is 12.1 Å². The number of hydrazone groups is 1. The second-order valence-corrected chi connectivity index (χ2v) is 3.16. The molecule has 1 aromatic heterocycles. The molecule has 0 unspecified atom stereocenters. The quantitative estimate of drug-likeness (QED) is 0.608. The molecule has 2 rings (SSSR count). The highest BCUT2D eigenvalue weighted by Crippen LogP contribution is 2.24. The predicted octanol–water partition coefficient (Wildman–Crippen LogP) is 2.12. The van der Waals surface area contributed by atoms with E-state index < -0.39 is 0 Å². The van der Waals surface area contributed by atoms with Gasteiger partial charge in [0, 0.05) is 11.6 Å². The highest BCUT2D eigenvalue weighted by molar-refractivity contribution is 6.10. The minimum atomic E-state index is -0.350. The Kier molecular flexibility index (Phi) is 2.71. The number of nitriles is 2. The summed E-state index contributed by atoms with van der Waals surface area (Å²) in [4.78, 5) is 2.85. The van der Waals surface area contributed by atoms with Crippen LogP contribution in [-0.4, -0.2) is 10.7 Å². The summed E-state index contributed by atoms with van der Waals surface area (Å²) in [7, 11) is 0. The van der Waals surface area contributed by atoms with E-state index in [1.807, 2.05) is 0 Å². The standard InChI is InChI=1S/C11H6FN5/c12-9-1-2-10(11-8(9)3-4-15-11)17-16-7(5-13)6-14/h1-4,15,17H. The van der Waals surface area contributed by atoms with Crippen LogP contribution in [0.15, 0.2) is 29.5 Å². The maximum absolute atomic E-state index is 13.3. The normalized spacial score (nSPS) is 9.35. The molecule has 2 aromatic rings. The molecule has 0 aliphatic carbocycles. The van der Waals surface area contributed by atoms with Crippen molar-refractivity contribution < 1.29 is 4.39 Å². The zero-order valence-electron chi connectivity index (χ0n) is 8.53. The van der Waals surface area contributed by atoms with Gasteiger partial charge in [0.15, 0.2) is 0 Å². The van der Waals surface area contributed by atoms with Gasteiger partial charge in [0.2, 0.25) is 5.71 Å². The van der Waals surface area contributed by atoms with E-state index in [1.165, 1.54) is 12.1 Å². The Balaban J connectivity index is 2.42. The number of hydrogen-bond acceptors (Lipinski definition) is 4. The number of rotatable bonds is 2. The first-order valence-corrected chi connectivity index (χ1v) is 4.65. The molecule has 17 heavy (non-hydrogen) atoms. The Hall–Kier alpha value is -2.86. The molecule has 0 fully saturated rings. The molecule has 0 atom stereocenters. The third-order valence-corrected chi connectivity index (χ3v) is 2.17. The average molecular weight is 227 g/mol. The molecule has 0 radical (unpaired) electrons. The molecule has 5 nitrogen and oxygen atoms in total. The number of benzene rings is 1. The lowest BCUT2D eigenvalue weighted by atomic mass is 10.2. The lowest BCUT2D eigenvalue weighted by molar-refractivity contribution is 0.640. The van der Waals surface area contributed by atoms with Crippen LogP contribution in [0.2, 0.25) is 0 Å². The number of nitrogens with one attached hydrogen (secondary N) is 2. The maximum atomic E-state index is 13.3. The van der Waals surface area contributed by atoms with Gasteiger partial charge in [-0.15, -0.1) is 0 Å². The highest BCUT2D eigenvalue weighted by Gasteiger charge is 2.06. The van der Waals surface area contributed by atoms with Crippen molar-refractivity contribution in [1.82, 2.24) is 4.98 Å². The van der Waals surface area contributed by atoms with Crippen LogP contribution < -0.4 is 5.43 Å². The number of fused-ring (bicyclic) bond motifs is 1. The number of hydrogen-bond donors (Lipinski definition) is 2. The van der Waals surface area contributed by atoms with E-state index >= 15 is 0 Å². The number of halogens is 1. The van der Waals surface area contributed by atoms with Crippen molar-refractivity contribution in [2.75, 3.05) is 5.43 Å². The molecule has 0 amide bonds. The first kappa shape index (κ1) is 10.7. The Labute approximate surface area is 95.8 Å². The molecule has 0 bridgehead atoms. The number of H-pyrrole nitrogens is 1. The van der Waals surface area contributed by atoms with Gasteiger partial charge in [0.25, 0.3) is 0 Å². The highest BCUT2D eigenvalue weighted by atomic mass is 19.1. The van der Waals surface area contributed by atoms with Gasteiger partial charge >= 0.3 is 0 Å². The third-order valence-electron chi connectivity index (χ3n) is 2.17. The second kappa shape index (κ2) is 4.33. The van der Waals surface area contributed by atoms with Gasteiger partial charge in [-0.05, 0) is 18.2 Å². The molecule has 0 saturated carbocycles. The summed E-state index contributed by atoms with van der Waals surface area (Å²) >= 11 is 0. The van der Waals surface area contributed by atoms with Crippen molar-refractivity contribution in [1.29, 1.82) is 10.5 Å². The maximum Gasteiger partial charge on any atom is 0.237 e. The van der Waals surface area contributed by atoms with E-state index in [0.29, 0.717) is 16.6 Å². The Bertz CT molecular complexity index is 655. The van der Waals surface area contributed by atoms with Crippen molar-refractivity contribution in [3.05, 3.63) is 30.2 Å². The topological polar surface area (TPSA) is 87.8 Å². The molecule has 6 heteroatoms. The predicted molar refractivity (Wildman–Crippen MR) is 60.5 cm³/mol. The summed E-state index contributed by atoms with van der Waals surface area (Å²) in [6, 6.07) is 7.59. The fraction of sp³-hybridized carbons (Fsp3) is 0. The van der Waals surface area contributed by atoms with Gasteiger partial charge in [-0.1, -0.05) is 0 Å². The minimum absolute atomic E-state index is 0.297. The van der Waals surface area contributed by atoms with Crippen LogP contribution in [0.5, 0.6) is 0 Å². The summed E-state index contributed by atoms with van der Waals surface area (Å²) in [5, 5.41) is 21.0. The Morgan fingerprint density at radius 2 is 2.06 bits per heavy atom. The minimum Gasteiger partial charge on any atom is -0.359 e. The van der Waals surface area contributed by atoms with Crippen LogP contribution in [0.1, 0.15) is 0 Å². The van der Waals surface area contributed by atoms with Crippen molar-refractivity contribution in [2.45, 2.75) is 0 Å². The van der Waals surface area contributed by atoms with Crippen LogP contribution in [0.4, 0.5) is 10.1 Å². The van der Waals surface area contributed by atoms with Crippen LogP contribution in [0.3, 0.4) is 0 Å². The number of aromatic amines is 1. The van der Waals surface area contributed by atoms with Gasteiger partial charge in [-0.25, -0.2) is 4.39 Å². The Morgan fingerprint density at radius 3 is 2.76 bits per heavy atom. The van der Waals surface area contributed by atoms with Crippen LogP contribution in [0, 0.1) is 28.5 Å². The smallest absolute Gasteiger partial charge is 0.237 e. The number of nitrogens with zero attached hydrogens (tertiary/aromatic N) is 3. The molecule has 1 heterocycles. The molecule has 2 N–H and O–H groups in total. The first-order valence-electron chi connectivity index (χ1n) is 4.65. The summed E-state index contributed by atoms with van der Waals surface area (Å²) in [5.74, 6) is -0.350. The van der Waals surface area contributed by atoms with Crippen LogP contribution in [0.25, 0.3) is 10.9 Å². The van der Waals surface area contributed by atoms with E-state index in [0.717, 1.165) is 0 Å². The van der Waals surface area contributed by atoms with E-state index in [-0.39, 0.29) is 11.5 Å². The fourth-order valence-electron chi connectivity index (χ4n) is 1.41. The van der Waals surface area contributed by atoms with Crippen LogP contribution in [-0.2, 0) is 0 Å². The van der Waals surface area contributed by atoms with Crippen molar-refractivity contribution in [2.24, 2.45) is 5.10 Å². The molecule has 82 valence electrons. The first-order chi connectivity index (χ1) is 8.26. The van der Waals surface area contributed by atoms with E-state index in [9.17, 15) is 4.39 Å². The molecular formula is C11H6FN5. The lowest BCUT2D eigenvalue weighted by Gasteiger charge is -2.02. The van der Waals surface area contributed by atoms with Gasteiger partial charge in [0.05, 0.1) is 11.2 Å². The number of aromatic nitrogens is 1. The van der Waals surface area contributed by atoms with Crippen molar-refractivity contribution in [3.63, 3.8) is 0 Å². The molecular weight excluding hydrogens is 221 g/mol. The summed E-state index contributed by atoms with van der Waals surface area (Å²) in [5.41, 5.74) is 3.28. The van der Waals surface area contributed by atoms with Gasteiger partial charge < -0.3 is 4.98 Å². The monoisotopic (exact) mass is 227 g/mol. The van der Waals surface area contributed by atoms with Gasteiger partial charge in [-0.3, -0.25) is 5.43 Å². The number of anilines is 1. The van der Waals surface area contributed by atoms with Crippen molar-refractivity contribution >= 4 is 22.3 Å². The van der Waals surface area contributed by atoms with Gasteiger partial charge in [-0.2, -0.15) is 15.6 Å². The summed E-state index contributed by atoms with van der Waals surface area (Å²) in [6.07, 6.45) is 1.60. The molecule has 0 saturated heterocycles. The molecule has 0 spiro atoms. The third kappa shape index (κ3) is 1.92. The van der Waals surface area contributed by atoms with Crippen LogP contribution >= 0.6 is 0 Å². The average Bonchev–Trinajstić information content (AvgIpc) is 2.83. The largest absolute Gasteiger partial charge is 0.359 e. The van der Waals surface area contributed by atoms with E-state index in [4.69, 9.17) is 10.5 Å². The second-order valence-electron chi connectivity index (χ2n) is 3.16. The van der Waals surface area contributed by atoms with E-state index in [2.05, 4.69) is 15.5 Å². The zero-order chi connectivity index (χ0) is 12.3. The Morgan fingerprint density at radius 1 is 1.29 bits per heavy atom. The lowest BCUT2D eigenvalue weighted by Crippen LogP contribution is -1.97. The molecule has 0 aliphatic heterocycles. The van der Waals surface area contributed by atoms with Gasteiger partial charge in [0.1, 0.15) is 18.0 Å². The zero-order valence-corrected chi connectivity index (χ0v) is 8.53. The van der Waals surface area contributed by atoms with E-state index in [1.54, 1.807) is 24.4 Å².